The quantitative estimate of drug-likeness (QED) is 0.702. The Labute approximate surface area is 125 Å². The topological polar surface area (TPSA) is 71.3 Å². The smallest absolute Gasteiger partial charge is 0.244 e. The molecule has 0 saturated carbocycles. The minimum atomic E-state index is -0.183. The molecule has 0 bridgehead atoms. The fourth-order valence-corrected chi connectivity index (χ4v) is 2.54. The lowest BCUT2D eigenvalue weighted by Crippen LogP contribution is -2.37. The van der Waals surface area contributed by atoms with Crippen molar-refractivity contribution in [2.75, 3.05) is 0 Å². The first kappa shape index (κ1) is 13.3. The zero-order valence-electron chi connectivity index (χ0n) is 11.1. The predicted octanol–water partition coefficient (Wildman–Crippen LogP) is 1.62. The van der Waals surface area contributed by atoms with Crippen LogP contribution in [0.1, 0.15) is 11.4 Å². The maximum absolute atomic E-state index is 11.9. The van der Waals surface area contributed by atoms with E-state index in [0.717, 1.165) is 10.7 Å². The second-order valence-corrected chi connectivity index (χ2v) is 5.24. The summed E-state index contributed by atoms with van der Waals surface area (Å²) >= 11 is 1.53. The lowest BCUT2D eigenvalue weighted by molar-refractivity contribution is -0.121. The van der Waals surface area contributed by atoms with E-state index in [-0.39, 0.29) is 12.3 Å². The van der Waals surface area contributed by atoms with Gasteiger partial charge >= 0.3 is 0 Å². The molecule has 0 atom stereocenters. The van der Waals surface area contributed by atoms with E-state index in [1.807, 2.05) is 40.4 Å². The molecule has 3 aromatic rings. The van der Waals surface area contributed by atoms with Gasteiger partial charge in [-0.15, -0.1) is 11.3 Å². The van der Waals surface area contributed by atoms with Crippen LogP contribution in [-0.4, -0.2) is 20.3 Å². The molecule has 106 valence electrons. The Kier molecular flexibility index (Phi) is 3.65. The van der Waals surface area contributed by atoms with Crippen molar-refractivity contribution in [3.8, 4) is 0 Å². The summed E-state index contributed by atoms with van der Waals surface area (Å²) in [6.45, 7) is 3.82. The number of carbonyl (C=O) groups excluding carboxylic acids is 1. The van der Waals surface area contributed by atoms with Crippen molar-refractivity contribution >= 4 is 27.9 Å². The van der Waals surface area contributed by atoms with Gasteiger partial charge in [0, 0.05) is 24.0 Å². The number of fused-ring (bicyclic) bond motifs is 1. The van der Waals surface area contributed by atoms with Gasteiger partial charge in [-0.3, -0.25) is 25.0 Å². The minimum absolute atomic E-state index is 0.183. The van der Waals surface area contributed by atoms with E-state index in [9.17, 15) is 4.79 Å². The summed E-state index contributed by atoms with van der Waals surface area (Å²) in [5, 5.41) is 1.95. The second-order valence-electron chi connectivity index (χ2n) is 4.37. The molecule has 3 rings (SSSR count). The van der Waals surface area contributed by atoms with E-state index in [4.69, 9.17) is 0 Å². The van der Waals surface area contributed by atoms with Crippen LogP contribution in [0.15, 0.2) is 48.7 Å². The number of carbonyl (C=O) groups is 1. The molecule has 0 aliphatic carbocycles. The number of thiazole rings is 1. The van der Waals surface area contributed by atoms with Crippen LogP contribution >= 0.6 is 11.3 Å². The van der Waals surface area contributed by atoms with Gasteiger partial charge in [0.25, 0.3) is 0 Å². The summed E-state index contributed by atoms with van der Waals surface area (Å²) in [5.74, 6) is -0.183. The summed E-state index contributed by atoms with van der Waals surface area (Å²) < 4.78 is 1.90. The number of rotatable bonds is 5. The van der Waals surface area contributed by atoms with Gasteiger partial charge in [0.15, 0.2) is 4.96 Å². The van der Waals surface area contributed by atoms with Gasteiger partial charge in [0.1, 0.15) is 0 Å². The molecule has 0 radical (unpaired) electrons. The highest BCUT2D eigenvalue weighted by Gasteiger charge is 2.08. The van der Waals surface area contributed by atoms with E-state index in [1.54, 1.807) is 6.20 Å². The van der Waals surface area contributed by atoms with Crippen molar-refractivity contribution in [1.82, 2.24) is 25.2 Å². The zero-order chi connectivity index (χ0) is 14.7. The molecule has 1 amide bonds. The number of amides is 1. The molecule has 7 heteroatoms. The van der Waals surface area contributed by atoms with Gasteiger partial charge in [0.2, 0.25) is 5.91 Å². The summed E-state index contributed by atoms with van der Waals surface area (Å²) in [6, 6.07) is 5.49. The molecular formula is C14H13N5OS. The SMILES string of the molecule is C=C(NNC(=O)Cc1cn2ccsc2n1)c1ccccn1. The number of hydrazine groups is 1. The first-order chi connectivity index (χ1) is 10.2. The molecule has 3 aromatic heterocycles. The number of hydrogen-bond acceptors (Lipinski definition) is 5. The van der Waals surface area contributed by atoms with E-state index in [0.29, 0.717) is 11.4 Å². The first-order valence-corrected chi connectivity index (χ1v) is 7.16. The van der Waals surface area contributed by atoms with Gasteiger partial charge in [-0.1, -0.05) is 12.6 Å². The lowest BCUT2D eigenvalue weighted by atomic mass is 10.3. The summed E-state index contributed by atoms with van der Waals surface area (Å²) in [6.07, 6.45) is 5.63. The molecule has 0 spiro atoms. The average Bonchev–Trinajstić information content (AvgIpc) is 3.07. The molecular weight excluding hydrogens is 286 g/mol. The normalized spacial score (nSPS) is 10.5. The van der Waals surface area contributed by atoms with Crippen molar-refractivity contribution in [3.63, 3.8) is 0 Å². The molecule has 21 heavy (non-hydrogen) atoms. The fourth-order valence-electron chi connectivity index (χ4n) is 1.82. The Morgan fingerprint density at radius 3 is 3.05 bits per heavy atom. The molecule has 2 N–H and O–H groups in total. The van der Waals surface area contributed by atoms with E-state index in [1.165, 1.54) is 11.3 Å². The summed E-state index contributed by atoms with van der Waals surface area (Å²) in [4.78, 5) is 21.2. The van der Waals surface area contributed by atoms with Gasteiger partial charge in [-0.25, -0.2) is 4.98 Å². The Morgan fingerprint density at radius 1 is 1.38 bits per heavy atom. The van der Waals surface area contributed by atoms with Crippen LogP contribution in [0.2, 0.25) is 0 Å². The van der Waals surface area contributed by atoms with E-state index < -0.39 is 0 Å². The van der Waals surface area contributed by atoms with Gasteiger partial charge < -0.3 is 0 Å². The molecule has 0 aromatic carbocycles. The molecule has 3 heterocycles. The number of hydrogen-bond donors (Lipinski definition) is 2. The highest BCUT2D eigenvalue weighted by atomic mass is 32.1. The first-order valence-electron chi connectivity index (χ1n) is 6.28. The van der Waals surface area contributed by atoms with Crippen LogP contribution < -0.4 is 10.9 Å². The van der Waals surface area contributed by atoms with Crippen molar-refractivity contribution in [2.45, 2.75) is 6.42 Å². The monoisotopic (exact) mass is 299 g/mol. The third kappa shape index (κ3) is 3.09. The highest BCUT2D eigenvalue weighted by molar-refractivity contribution is 7.15. The van der Waals surface area contributed by atoms with Crippen molar-refractivity contribution in [2.24, 2.45) is 0 Å². The fraction of sp³-hybridized carbons (Fsp3) is 0.0714. The molecule has 0 unspecified atom stereocenters. The Bertz CT molecular complexity index is 748. The van der Waals surface area contributed by atoms with Crippen LogP contribution in [0.25, 0.3) is 10.7 Å². The molecule has 0 saturated heterocycles. The van der Waals surface area contributed by atoms with Crippen molar-refractivity contribution < 1.29 is 4.79 Å². The van der Waals surface area contributed by atoms with Crippen LogP contribution in [0.5, 0.6) is 0 Å². The minimum Gasteiger partial charge on any atom is -0.297 e. The highest BCUT2D eigenvalue weighted by Crippen LogP contribution is 2.11. The summed E-state index contributed by atoms with van der Waals surface area (Å²) in [7, 11) is 0. The van der Waals surface area contributed by atoms with Gasteiger partial charge in [-0.2, -0.15) is 0 Å². The predicted molar refractivity (Wildman–Crippen MR) is 81.3 cm³/mol. The zero-order valence-corrected chi connectivity index (χ0v) is 11.9. The lowest BCUT2D eigenvalue weighted by Gasteiger charge is -2.09. The second kappa shape index (κ2) is 5.76. The third-order valence-electron chi connectivity index (χ3n) is 2.81. The van der Waals surface area contributed by atoms with Crippen LogP contribution in [0.4, 0.5) is 0 Å². The number of aromatic nitrogens is 3. The Hall–Kier alpha value is -2.67. The number of nitrogens with zero attached hydrogens (tertiary/aromatic N) is 3. The van der Waals surface area contributed by atoms with Crippen LogP contribution in [0.3, 0.4) is 0 Å². The largest absolute Gasteiger partial charge is 0.297 e. The van der Waals surface area contributed by atoms with E-state index >= 15 is 0 Å². The molecule has 6 nitrogen and oxygen atoms in total. The Morgan fingerprint density at radius 2 is 2.29 bits per heavy atom. The van der Waals surface area contributed by atoms with Gasteiger partial charge in [0.05, 0.1) is 23.5 Å². The Balaban J connectivity index is 1.55. The third-order valence-corrected chi connectivity index (χ3v) is 3.58. The van der Waals surface area contributed by atoms with Crippen molar-refractivity contribution in [1.29, 1.82) is 0 Å². The standard InChI is InChI=1S/C14H13N5OS/c1-10(12-4-2-3-5-15-12)17-18-13(20)8-11-9-19-6-7-21-14(19)16-11/h2-7,9,17H,1,8H2,(H,18,20). The number of pyridine rings is 1. The molecule has 0 aliphatic heterocycles. The summed E-state index contributed by atoms with van der Waals surface area (Å²) in [5.41, 5.74) is 7.29. The maximum Gasteiger partial charge on any atom is 0.244 e. The van der Waals surface area contributed by atoms with Crippen LogP contribution in [-0.2, 0) is 11.2 Å². The van der Waals surface area contributed by atoms with E-state index in [2.05, 4.69) is 27.4 Å². The maximum atomic E-state index is 11.9. The molecule has 0 aliphatic rings. The average molecular weight is 299 g/mol. The number of imidazole rings is 1. The van der Waals surface area contributed by atoms with Gasteiger partial charge in [-0.05, 0) is 12.1 Å². The number of nitrogens with one attached hydrogen (secondary N) is 2. The molecule has 0 fully saturated rings. The van der Waals surface area contributed by atoms with Crippen LogP contribution in [0, 0.1) is 0 Å². The van der Waals surface area contributed by atoms with Crippen molar-refractivity contribution in [3.05, 3.63) is 60.1 Å².